The Balaban J connectivity index is 2.52. The molecule has 1 aromatic carbocycles. The minimum atomic E-state index is 0.246. The molecular weight excluding hydrogens is 266 g/mol. The fourth-order valence-corrected chi connectivity index (χ4v) is 2.82. The van der Waals surface area contributed by atoms with Crippen LogP contribution in [0.25, 0.3) is 0 Å². The third-order valence-corrected chi connectivity index (χ3v) is 3.64. The van der Waals surface area contributed by atoms with Gasteiger partial charge in [-0.3, -0.25) is 4.79 Å². The van der Waals surface area contributed by atoms with Gasteiger partial charge in [-0.2, -0.15) is 0 Å². The lowest BCUT2D eigenvalue weighted by Crippen LogP contribution is -2.03. The van der Waals surface area contributed by atoms with Gasteiger partial charge in [-0.1, -0.05) is 29.8 Å². The van der Waals surface area contributed by atoms with Crippen LogP contribution in [0.1, 0.15) is 48.5 Å². The van der Waals surface area contributed by atoms with Crippen LogP contribution < -0.4 is 5.32 Å². The number of ketones is 1. The molecule has 0 unspecified atom stereocenters. The van der Waals surface area contributed by atoms with E-state index < -0.39 is 0 Å². The van der Waals surface area contributed by atoms with Crippen LogP contribution in [0.4, 0.5) is 5.69 Å². The van der Waals surface area contributed by atoms with E-state index >= 15 is 0 Å². The molecule has 16 heavy (non-hydrogen) atoms. The second-order valence-electron chi connectivity index (χ2n) is 4.53. The molecule has 1 aliphatic heterocycles. The summed E-state index contributed by atoms with van der Waals surface area (Å²) >= 11 is 3.55. The van der Waals surface area contributed by atoms with E-state index in [0.29, 0.717) is 12.3 Å². The monoisotopic (exact) mass is 281 g/mol. The average Bonchev–Trinajstić information content (AvgIpc) is 2.40. The Labute approximate surface area is 105 Å². The Morgan fingerprint density at radius 1 is 1.38 bits per heavy atom. The summed E-state index contributed by atoms with van der Waals surface area (Å²) in [5, 5.41) is 3.34. The van der Waals surface area contributed by atoms with Gasteiger partial charge in [0.1, 0.15) is 0 Å². The van der Waals surface area contributed by atoms with Gasteiger partial charge in [-0.05, 0) is 30.0 Å². The Morgan fingerprint density at radius 2 is 2.12 bits per heavy atom. The van der Waals surface area contributed by atoms with Crippen LogP contribution in [0.3, 0.4) is 0 Å². The van der Waals surface area contributed by atoms with Crippen molar-refractivity contribution in [2.24, 2.45) is 0 Å². The van der Waals surface area contributed by atoms with Crippen molar-refractivity contribution in [2.45, 2.75) is 32.6 Å². The predicted molar refractivity (Wildman–Crippen MR) is 70.3 cm³/mol. The molecule has 86 valence electrons. The summed E-state index contributed by atoms with van der Waals surface area (Å²) in [6.45, 7) is 5.20. The number of hydrogen-bond acceptors (Lipinski definition) is 2. The van der Waals surface area contributed by atoms with Gasteiger partial charge in [0.25, 0.3) is 0 Å². The SMILES string of the molecule is CC(C)c1cc2c(cc1Br)C(=O)CCCN2. The zero-order chi connectivity index (χ0) is 11.7. The number of carbonyl (C=O) groups is 1. The molecule has 0 radical (unpaired) electrons. The van der Waals surface area contributed by atoms with Gasteiger partial charge in [0.05, 0.1) is 0 Å². The van der Waals surface area contributed by atoms with E-state index in [-0.39, 0.29) is 5.78 Å². The quantitative estimate of drug-likeness (QED) is 0.844. The van der Waals surface area contributed by atoms with Crippen LogP contribution in [0.5, 0.6) is 0 Å². The summed E-state index contributed by atoms with van der Waals surface area (Å²) in [6.07, 6.45) is 1.57. The molecule has 1 N–H and O–H groups in total. The molecule has 0 amide bonds. The Bertz CT molecular complexity index is 426. The molecule has 0 aliphatic carbocycles. The van der Waals surface area contributed by atoms with Crippen molar-refractivity contribution in [3.05, 3.63) is 27.7 Å². The summed E-state index contributed by atoms with van der Waals surface area (Å²) in [7, 11) is 0. The lowest BCUT2D eigenvalue weighted by atomic mass is 9.98. The number of rotatable bonds is 1. The van der Waals surface area contributed by atoms with Crippen LogP contribution >= 0.6 is 15.9 Å². The summed E-state index contributed by atoms with van der Waals surface area (Å²) in [5.41, 5.74) is 3.07. The maximum Gasteiger partial charge on any atom is 0.165 e. The maximum absolute atomic E-state index is 11.9. The standard InChI is InChI=1S/C13H16BrNO/c1-8(2)9-7-12-10(6-11(9)14)13(16)4-3-5-15-12/h6-8,15H,3-5H2,1-2H3. The predicted octanol–water partition coefficient (Wildman–Crippen LogP) is 3.96. The van der Waals surface area contributed by atoms with Gasteiger partial charge in [-0.25, -0.2) is 0 Å². The van der Waals surface area contributed by atoms with Crippen LogP contribution in [0.15, 0.2) is 16.6 Å². The molecule has 0 saturated carbocycles. The van der Waals surface area contributed by atoms with Crippen molar-refractivity contribution >= 4 is 27.4 Å². The summed E-state index contributed by atoms with van der Waals surface area (Å²) < 4.78 is 1.04. The second kappa shape index (κ2) is 4.58. The van der Waals surface area contributed by atoms with Crippen molar-refractivity contribution in [1.82, 2.24) is 0 Å². The van der Waals surface area contributed by atoms with E-state index in [4.69, 9.17) is 0 Å². The molecule has 2 rings (SSSR count). The topological polar surface area (TPSA) is 29.1 Å². The number of benzene rings is 1. The first-order chi connectivity index (χ1) is 7.59. The largest absolute Gasteiger partial charge is 0.384 e. The maximum atomic E-state index is 11.9. The van der Waals surface area contributed by atoms with E-state index in [1.54, 1.807) is 0 Å². The molecule has 0 bridgehead atoms. The Morgan fingerprint density at radius 3 is 2.81 bits per heavy atom. The van der Waals surface area contributed by atoms with Crippen molar-refractivity contribution in [3.63, 3.8) is 0 Å². The van der Waals surface area contributed by atoms with E-state index in [0.717, 1.165) is 28.7 Å². The zero-order valence-electron chi connectivity index (χ0n) is 9.64. The van der Waals surface area contributed by atoms with Gasteiger partial charge < -0.3 is 5.32 Å². The van der Waals surface area contributed by atoms with Gasteiger partial charge >= 0.3 is 0 Å². The second-order valence-corrected chi connectivity index (χ2v) is 5.38. The van der Waals surface area contributed by atoms with Gasteiger partial charge in [-0.15, -0.1) is 0 Å². The number of hydrogen-bond donors (Lipinski definition) is 1. The highest BCUT2D eigenvalue weighted by Crippen LogP contribution is 2.32. The first kappa shape index (κ1) is 11.6. The first-order valence-electron chi connectivity index (χ1n) is 5.70. The average molecular weight is 282 g/mol. The van der Waals surface area contributed by atoms with Crippen molar-refractivity contribution < 1.29 is 4.79 Å². The fraction of sp³-hybridized carbons (Fsp3) is 0.462. The number of nitrogens with one attached hydrogen (secondary N) is 1. The van der Waals surface area contributed by atoms with Gasteiger partial charge in [0, 0.05) is 28.7 Å². The summed E-state index contributed by atoms with van der Waals surface area (Å²) in [4.78, 5) is 11.9. The number of halogens is 1. The van der Waals surface area contributed by atoms with Crippen LogP contribution in [-0.4, -0.2) is 12.3 Å². The normalized spacial score (nSPS) is 15.6. The minimum absolute atomic E-state index is 0.246. The Hall–Kier alpha value is -0.830. The smallest absolute Gasteiger partial charge is 0.165 e. The number of anilines is 1. The molecule has 1 aromatic rings. The third kappa shape index (κ3) is 2.14. The molecule has 0 aromatic heterocycles. The third-order valence-electron chi connectivity index (χ3n) is 2.96. The first-order valence-corrected chi connectivity index (χ1v) is 6.49. The summed E-state index contributed by atoms with van der Waals surface area (Å²) in [5.74, 6) is 0.704. The fourth-order valence-electron chi connectivity index (χ4n) is 2.02. The molecule has 0 spiro atoms. The molecule has 2 nitrogen and oxygen atoms in total. The zero-order valence-corrected chi connectivity index (χ0v) is 11.2. The molecule has 0 saturated heterocycles. The highest BCUT2D eigenvalue weighted by molar-refractivity contribution is 9.10. The van der Waals surface area contributed by atoms with Crippen molar-refractivity contribution in [1.29, 1.82) is 0 Å². The van der Waals surface area contributed by atoms with Crippen LogP contribution in [-0.2, 0) is 0 Å². The van der Waals surface area contributed by atoms with E-state index in [1.807, 2.05) is 6.07 Å². The molecule has 0 atom stereocenters. The number of fused-ring (bicyclic) bond motifs is 1. The molecular formula is C13H16BrNO. The van der Waals surface area contributed by atoms with Crippen molar-refractivity contribution in [3.8, 4) is 0 Å². The van der Waals surface area contributed by atoms with E-state index in [1.165, 1.54) is 5.56 Å². The van der Waals surface area contributed by atoms with E-state index in [2.05, 4.69) is 41.2 Å². The number of Topliss-reactive ketones (excluding diaryl/α,β-unsaturated/α-hetero) is 1. The van der Waals surface area contributed by atoms with Crippen LogP contribution in [0, 0.1) is 0 Å². The van der Waals surface area contributed by atoms with Gasteiger partial charge in [0.2, 0.25) is 0 Å². The summed E-state index contributed by atoms with van der Waals surface area (Å²) in [6, 6.07) is 4.07. The molecule has 0 fully saturated rings. The molecule has 3 heteroatoms. The molecule has 1 heterocycles. The highest BCUT2D eigenvalue weighted by atomic mass is 79.9. The lowest BCUT2D eigenvalue weighted by Gasteiger charge is -2.14. The number of carbonyl (C=O) groups excluding carboxylic acids is 1. The van der Waals surface area contributed by atoms with Gasteiger partial charge in [0.15, 0.2) is 5.78 Å². The Kier molecular flexibility index (Phi) is 3.33. The van der Waals surface area contributed by atoms with E-state index in [9.17, 15) is 4.79 Å². The van der Waals surface area contributed by atoms with Crippen LogP contribution in [0.2, 0.25) is 0 Å². The highest BCUT2D eigenvalue weighted by Gasteiger charge is 2.18. The minimum Gasteiger partial charge on any atom is -0.384 e. The molecule has 1 aliphatic rings. The lowest BCUT2D eigenvalue weighted by molar-refractivity contribution is 0.0983. The van der Waals surface area contributed by atoms with Crippen molar-refractivity contribution in [2.75, 3.05) is 11.9 Å².